The van der Waals surface area contributed by atoms with Crippen LogP contribution in [0.15, 0.2) is 12.1 Å². The van der Waals surface area contributed by atoms with Crippen LogP contribution in [-0.4, -0.2) is 129 Å². The van der Waals surface area contributed by atoms with Crippen LogP contribution in [0.4, 0.5) is 0 Å². The first-order valence-electron chi connectivity index (χ1n) is 16.3. The van der Waals surface area contributed by atoms with Crippen LogP contribution in [0.1, 0.15) is 69.8 Å². The van der Waals surface area contributed by atoms with E-state index in [9.17, 15) is 19.5 Å². The molecule has 3 atom stereocenters. The third-order valence-electron chi connectivity index (χ3n) is 9.24. The van der Waals surface area contributed by atoms with Gasteiger partial charge in [-0.1, -0.05) is 13.3 Å². The lowest BCUT2D eigenvalue weighted by molar-refractivity contribution is -0.870. The number of carboxylic acid groups (broad SMARTS) is 1. The van der Waals surface area contributed by atoms with Crippen molar-refractivity contribution in [3.05, 3.63) is 17.7 Å². The van der Waals surface area contributed by atoms with E-state index in [0.717, 1.165) is 55.1 Å². The summed E-state index contributed by atoms with van der Waals surface area (Å²) in [6, 6.07) is 3.29. The molecule has 0 saturated carbocycles. The van der Waals surface area contributed by atoms with Crippen molar-refractivity contribution in [2.75, 3.05) is 80.9 Å². The number of hydrogen-bond donors (Lipinski definition) is 1. The first-order valence-corrected chi connectivity index (χ1v) is 16.3. The van der Waals surface area contributed by atoms with E-state index in [1.165, 1.54) is 0 Å². The van der Waals surface area contributed by atoms with Gasteiger partial charge in [0.2, 0.25) is 24.4 Å². The van der Waals surface area contributed by atoms with Crippen LogP contribution >= 0.6 is 0 Å². The van der Waals surface area contributed by atoms with Crippen molar-refractivity contribution in [3.8, 4) is 17.2 Å². The van der Waals surface area contributed by atoms with E-state index in [-0.39, 0.29) is 31.1 Å². The lowest BCUT2D eigenvalue weighted by Crippen LogP contribution is -2.46. The van der Waals surface area contributed by atoms with Gasteiger partial charge < -0.3 is 33.6 Å². The average molecular weight is 618 g/mol. The smallest absolute Gasteiger partial charge is 0.308 e. The molecule has 1 aromatic carbocycles. The van der Waals surface area contributed by atoms with E-state index in [1.54, 1.807) is 7.11 Å². The van der Waals surface area contributed by atoms with Gasteiger partial charge in [0.25, 0.3) is 0 Å². The molecular formula is C33H53N4O7+. The van der Waals surface area contributed by atoms with E-state index in [4.69, 9.17) is 14.2 Å². The number of nitrogens with zero attached hydrogens (tertiary/aromatic N) is 4. The number of unbranched alkanes of at least 4 members (excludes halogenated alkanes) is 2. The van der Waals surface area contributed by atoms with Crippen molar-refractivity contribution in [1.82, 2.24) is 14.7 Å². The highest BCUT2D eigenvalue weighted by Crippen LogP contribution is 2.47. The molecule has 3 unspecified atom stereocenters. The standard InChI is InChI=1S/C33H52N4O7/c1-6-7-14-34(16-10-11-18-37(2,3)4)30(39)22-36-21-25(24-19-27(42-5)32-28(20-24)43-23-44-32)31(33(40)41)26(36)13-17-35-15-9-8-12-29(35)38/h19-20,25-26,31H,6-18,21-23H2,1-5H3/p+1. The summed E-state index contributed by atoms with van der Waals surface area (Å²) >= 11 is 0. The molecular weight excluding hydrogens is 564 g/mol. The quantitative estimate of drug-likeness (QED) is 0.222. The second-order valence-electron chi connectivity index (χ2n) is 13.5. The van der Waals surface area contributed by atoms with Crippen LogP contribution in [0.3, 0.4) is 0 Å². The zero-order valence-electron chi connectivity index (χ0n) is 27.4. The van der Waals surface area contributed by atoms with Crippen molar-refractivity contribution < 1.29 is 38.2 Å². The highest BCUT2D eigenvalue weighted by molar-refractivity contribution is 5.79. The first-order chi connectivity index (χ1) is 21.0. The molecule has 11 heteroatoms. The SMILES string of the molecule is CCCCN(CCCC[N+](C)(C)C)C(=O)CN1CC(c2cc(OC)c3c(c2)OCO3)C(C(=O)O)C1CCN1CCCCC1=O. The molecule has 2 fully saturated rings. The van der Waals surface area contributed by atoms with E-state index in [2.05, 4.69) is 33.0 Å². The fraction of sp³-hybridized carbons (Fsp3) is 0.727. The van der Waals surface area contributed by atoms with Gasteiger partial charge in [-0.3, -0.25) is 19.3 Å². The number of benzene rings is 1. The fourth-order valence-corrected chi connectivity index (χ4v) is 6.81. The predicted octanol–water partition coefficient (Wildman–Crippen LogP) is 3.41. The Morgan fingerprint density at radius 2 is 1.89 bits per heavy atom. The summed E-state index contributed by atoms with van der Waals surface area (Å²) in [5, 5.41) is 10.6. The Bertz CT molecular complexity index is 1150. The summed E-state index contributed by atoms with van der Waals surface area (Å²) in [6.07, 6.45) is 6.77. The van der Waals surface area contributed by atoms with Crippen molar-refractivity contribution >= 4 is 17.8 Å². The Kier molecular flexibility index (Phi) is 11.8. The van der Waals surface area contributed by atoms with E-state index >= 15 is 0 Å². The molecule has 246 valence electrons. The summed E-state index contributed by atoms with van der Waals surface area (Å²) in [7, 11) is 8.08. The minimum atomic E-state index is -0.903. The van der Waals surface area contributed by atoms with Crippen LogP contribution in [-0.2, 0) is 14.4 Å². The number of carboxylic acids is 1. The number of carbonyl (C=O) groups excluding carboxylic acids is 2. The van der Waals surface area contributed by atoms with Gasteiger partial charge in [-0.25, -0.2) is 0 Å². The lowest BCUT2D eigenvalue weighted by atomic mass is 9.84. The first kappa shape index (κ1) is 33.8. The molecule has 4 rings (SSSR count). The maximum Gasteiger partial charge on any atom is 0.308 e. The Hall–Kier alpha value is -3.05. The van der Waals surface area contributed by atoms with Gasteiger partial charge >= 0.3 is 5.97 Å². The Morgan fingerprint density at radius 3 is 2.57 bits per heavy atom. The molecule has 1 N–H and O–H groups in total. The van der Waals surface area contributed by atoms with Gasteiger partial charge in [0.15, 0.2) is 11.5 Å². The van der Waals surface area contributed by atoms with Gasteiger partial charge in [-0.2, -0.15) is 0 Å². The minimum Gasteiger partial charge on any atom is -0.493 e. The van der Waals surface area contributed by atoms with Crippen molar-refractivity contribution in [1.29, 1.82) is 0 Å². The Labute approximate surface area is 262 Å². The molecule has 0 radical (unpaired) electrons. The molecule has 3 aliphatic rings. The molecule has 1 aromatic rings. The maximum atomic E-state index is 13.9. The fourth-order valence-electron chi connectivity index (χ4n) is 6.81. The normalized spacial score (nSPS) is 22.0. The molecule has 2 saturated heterocycles. The van der Waals surface area contributed by atoms with Gasteiger partial charge in [-0.05, 0) is 56.2 Å². The third-order valence-corrected chi connectivity index (χ3v) is 9.24. The van der Waals surface area contributed by atoms with Crippen molar-refractivity contribution in [3.63, 3.8) is 0 Å². The van der Waals surface area contributed by atoms with Gasteiger partial charge in [0.1, 0.15) is 0 Å². The summed E-state index contributed by atoms with van der Waals surface area (Å²) in [6.45, 7) is 6.39. The highest BCUT2D eigenvalue weighted by Gasteiger charge is 2.48. The average Bonchev–Trinajstić information content (AvgIpc) is 3.60. The molecule has 44 heavy (non-hydrogen) atoms. The molecule has 3 heterocycles. The number of hydrogen-bond acceptors (Lipinski definition) is 7. The van der Waals surface area contributed by atoms with Crippen molar-refractivity contribution in [2.45, 2.75) is 70.3 Å². The van der Waals surface area contributed by atoms with E-state index < -0.39 is 17.9 Å². The van der Waals surface area contributed by atoms with Gasteiger partial charge in [0.05, 0.1) is 47.3 Å². The number of piperidine rings is 1. The van der Waals surface area contributed by atoms with Gasteiger partial charge in [0, 0.05) is 51.1 Å². The van der Waals surface area contributed by atoms with Crippen molar-refractivity contribution in [2.24, 2.45) is 5.92 Å². The number of quaternary nitrogens is 1. The summed E-state index contributed by atoms with van der Waals surface area (Å²) in [5.41, 5.74) is 0.788. The summed E-state index contributed by atoms with van der Waals surface area (Å²) < 4.78 is 17.7. The molecule has 0 bridgehead atoms. The molecule has 2 amide bonds. The number of amides is 2. The summed E-state index contributed by atoms with van der Waals surface area (Å²) in [5.74, 6) is -0.335. The monoisotopic (exact) mass is 617 g/mol. The predicted molar refractivity (Wildman–Crippen MR) is 167 cm³/mol. The number of aliphatic carboxylic acids is 1. The maximum absolute atomic E-state index is 13.9. The summed E-state index contributed by atoms with van der Waals surface area (Å²) in [4.78, 5) is 45.4. The number of fused-ring (bicyclic) bond motifs is 1. The zero-order valence-corrected chi connectivity index (χ0v) is 27.4. The molecule has 0 aromatic heterocycles. The van der Waals surface area contributed by atoms with E-state index in [0.29, 0.717) is 62.8 Å². The second kappa shape index (κ2) is 15.3. The zero-order chi connectivity index (χ0) is 31.9. The molecule has 3 aliphatic heterocycles. The minimum absolute atomic E-state index is 0.0378. The largest absolute Gasteiger partial charge is 0.493 e. The van der Waals surface area contributed by atoms with Crippen LogP contribution < -0.4 is 14.2 Å². The number of ether oxygens (including phenoxy) is 3. The Morgan fingerprint density at radius 1 is 1.11 bits per heavy atom. The molecule has 11 nitrogen and oxygen atoms in total. The number of carbonyl (C=O) groups is 3. The third kappa shape index (κ3) is 8.56. The van der Waals surface area contributed by atoms with Crippen LogP contribution in [0.5, 0.6) is 17.2 Å². The van der Waals surface area contributed by atoms with Gasteiger partial charge in [-0.15, -0.1) is 0 Å². The van der Waals surface area contributed by atoms with E-state index in [1.807, 2.05) is 21.9 Å². The van der Waals surface area contributed by atoms with Crippen LogP contribution in [0.25, 0.3) is 0 Å². The topological polar surface area (TPSA) is 109 Å². The highest BCUT2D eigenvalue weighted by atomic mass is 16.7. The number of likely N-dealkylation sites (tertiary alicyclic amines) is 2. The van der Waals surface area contributed by atoms with Crippen LogP contribution in [0.2, 0.25) is 0 Å². The molecule has 0 spiro atoms. The van der Waals surface area contributed by atoms with Crippen LogP contribution in [0, 0.1) is 5.92 Å². The lowest BCUT2D eigenvalue weighted by Gasteiger charge is -2.32. The number of methoxy groups -OCH3 is 1. The Balaban J connectivity index is 1.57. The number of rotatable bonds is 16. The molecule has 0 aliphatic carbocycles. The second-order valence-corrected chi connectivity index (χ2v) is 13.5.